The first-order chi connectivity index (χ1) is 11.7. The van der Waals surface area contributed by atoms with Crippen LogP contribution in [0.3, 0.4) is 0 Å². The number of amides is 1. The molecular weight excluding hydrogens is 304 g/mol. The number of ether oxygens (including phenoxy) is 1. The second kappa shape index (κ2) is 8.44. The molecule has 0 spiro atoms. The Hall–Kier alpha value is -1.66. The van der Waals surface area contributed by atoms with Crippen molar-refractivity contribution < 1.29 is 9.53 Å². The van der Waals surface area contributed by atoms with Crippen molar-refractivity contribution >= 4 is 11.7 Å². The number of anilines is 1. The van der Waals surface area contributed by atoms with Crippen LogP contribution < -0.4 is 10.2 Å². The highest BCUT2D eigenvalue weighted by Gasteiger charge is 2.24. The molecule has 2 saturated heterocycles. The van der Waals surface area contributed by atoms with Crippen molar-refractivity contribution in [3.63, 3.8) is 0 Å². The van der Waals surface area contributed by atoms with Crippen LogP contribution in [-0.2, 0) is 9.53 Å². The Morgan fingerprint density at radius 3 is 2.88 bits per heavy atom. The number of piperidine rings is 1. The lowest BCUT2D eigenvalue weighted by atomic mass is 10.0. The molecule has 6 nitrogen and oxygen atoms in total. The summed E-state index contributed by atoms with van der Waals surface area (Å²) in [6.45, 7) is 3.88. The standard InChI is InChI=1S/C18H28N4O2/c1-21(17-6-2-3-9-19-17)15-7-10-22(11-8-15)14-18(23)20-13-16-5-4-12-24-16/h2-3,6,9,15-16H,4-5,7-8,10-14H2,1H3,(H,20,23). The average molecular weight is 332 g/mol. The van der Waals surface area contributed by atoms with Gasteiger partial charge >= 0.3 is 0 Å². The van der Waals surface area contributed by atoms with Crippen LogP contribution in [0.5, 0.6) is 0 Å². The molecule has 0 bridgehead atoms. The Labute approximate surface area is 144 Å². The van der Waals surface area contributed by atoms with E-state index in [1.54, 1.807) is 0 Å². The number of rotatable bonds is 6. The number of carbonyl (C=O) groups is 1. The quantitative estimate of drug-likeness (QED) is 0.850. The number of likely N-dealkylation sites (tertiary alicyclic amines) is 1. The fourth-order valence-corrected chi connectivity index (χ4v) is 3.51. The summed E-state index contributed by atoms with van der Waals surface area (Å²) in [5.74, 6) is 1.13. The summed E-state index contributed by atoms with van der Waals surface area (Å²) in [6.07, 6.45) is 6.34. The zero-order chi connectivity index (χ0) is 16.8. The summed E-state index contributed by atoms with van der Waals surface area (Å²) < 4.78 is 5.54. The fourth-order valence-electron chi connectivity index (χ4n) is 3.51. The summed E-state index contributed by atoms with van der Waals surface area (Å²) in [7, 11) is 2.11. The predicted octanol–water partition coefficient (Wildman–Crippen LogP) is 1.28. The fraction of sp³-hybridized carbons (Fsp3) is 0.667. The second-order valence-corrected chi connectivity index (χ2v) is 6.75. The van der Waals surface area contributed by atoms with Gasteiger partial charge in [0.2, 0.25) is 5.91 Å². The molecule has 1 aromatic rings. The molecule has 2 aliphatic rings. The third-order valence-electron chi connectivity index (χ3n) is 5.03. The molecule has 3 heterocycles. The average Bonchev–Trinajstić information content (AvgIpc) is 3.14. The van der Waals surface area contributed by atoms with Gasteiger partial charge in [0.05, 0.1) is 12.6 Å². The van der Waals surface area contributed by atoms with Crippen molar-refractivity contribution in [3.05, 3.63) is 24.4 Å². The summed E-state index contributed by atoms with van der Waals surface area (Å²) in [5.41, 5.74) is 0. The van der Waals surface area contributed by atoms with E-state index in [0.29, 0.717) is 19.1 Å². The van der Waals surface area contributed by atoms with E-state index in [4.69, 9.17) is 4.74 Å². The van der Waals surface area contributed by atoms with Gasteiger partial charge in [0.15, 0.2) is 0 Å². The maximum Gasteiger partial charge on any atom is 0.234 e. The van der Waals surface area contributed by atoms with E-state index < -0.39 is 0 Å². The molecule has 1 atom stereocenters. The van der Waals surface area contributed by atoms with Gasteiger partial charge in [-0.15, -0.1) is 0 Å². The molecule has 24 heavy (non-hydrogen) atoms. The van der Waals surface area contributed by atoms with Crippen LogP contribution in [0.1, 0.15) is 25.7 Å². The highest BCUT2D eigenvalue weighted by atomic mass is 16.5. The number of nitrogens with one attached hydrogen (secondary N) is 1. The van der Waals surface area contributed by atoms with Gasteiger partial charge in [0.1, 0.15) is 5.82 Å². The van der Waals surface area contributed by atoms with E-state index in [1.807, 2.05) is 24.4 Å². The largest absolute Gasteiger partial charge is 0.376 e. The molecule has 2 fully saturated rings. The van der Waals surface area contributed by atoms with Crippen molar-refractivity contribution in [2.24, 2.45) is 0 Å². The topological polar surface area (TPSA) is 57.7 Å². The number of nitrogens with zero attached hydrogens (tertiary/aromatic N) is 3. The van der Waals surface area contributed by atoms with E-state index in [0.717, 1.165) is 51.2 Å². The van der Waals surface area contributed by atoms with Gasteiger partial charge in [-0.25, -0.2) is 4.98 Å². The number of carbonyl (C=O) groups excluding carboxylic acids is 1. The number of aromatic nitrogens is 1. The summed E-state index contributed by atoms with van der Waals surface area (Å²) >= 11 is 0. The van der Waals surface area contributed by atoms with E-state index in [-0.39, 0.29) is 12.0 Å². The van der Waals surface area contributed by atoms with Crippen molar-refractivity contribution in [1.29, 1.82) is 0 Å². The Morgan fingerprint density at radius 2 is 2.21 bits per heavy atom. The molecule has 0 aromatic carbocycles. The number of hydrogen-bond acceptors (Lipinski definition) is 5. The van der Waals surface area contributed by atoms with Crippen LogP contribution in [0.25, 0.3) is 0 Å². The maximum atomic E-state index is 12.1. The van der Waals surface area contributed by atoms with Crippen LogP contribution in [0.4, 0.5) is 5.82 Å². The van der Waals surface area contributed by atoms with Gasteiger partial charge in [-0.1, -0.05) is 6.07 Å². The molecule has 132 valence electrons. The highest BCUT2D eigenvalue weighted by Crippen LogP contribution is 2.20. The summed E-state index contributed by atoms with van der Waals surface area (Å²) in [6, 6.07) is 6.50. The van der Waals surface area contributed by atoms with Gasteiger partial charge in [0, 0.05) is 45.5 Å². The van der Waals surface area contributed by atoms with Crippen molar-refractivity contribution in [1.82, 2.24) is 15.2 Å². The second-order valence-electron chi connectivity index (χ2n) is 6.75. The summed E-state index contributed by atoms with van der Waals surface area (Å²) in [5, 5.41) is 3.01. The molecule has 3 rings (SSSR count). The lowest BCUT2D eigenvalue weighted by Crippen LogP contribution is -2.47. The molecule has 0 radical (unpaired) electrons. The molecule has 1 amide bonds. The first-order valence-electron chi connectivity index (χ1n) is 8.97. The Morgan fingerprint density at radius 1 is 1.38 bits per heavy atom. The molecule has 1 N–H and O–H groups in total. The first kappa shape index (κ1) is 17.2. The monoisotopic (exact) mass is 332 g/mol. The summed E-state index contributed by atoms with van der Waals surface area (Å²) in [4.78, 5) is 21.0. The Bertz CT molecular complexity index is 511. The predicted molar refractivity (Wildman–Crippen MR) is 94.1 cm³/mol. The van der Waals surface area contributed by atoms with Gasteiger partial charge in [-0.05, 0) is 37.8 Å². The Balaban J connectivity index is 1.37. The molecule has 6 heteroatoms. The molecule has 0 aliphatic carbocycles. The van der Waals surface area contributed by atoms with Crippen molar-refractivity contribution in [2.75, 3.05) is 44.7 Å². The van der Waals surface area contributed by atoms with E-state index >= 15 is 0 Å². The maximum absolute atomic E-state index is 12.1. The van der Waals surface area contributed by atoms with Gasteiger partial charge in [-0.2, -0.15) is 0 Å². The minimum atomic E-state index is 0.113. The number of pyridine rings is 1. The van der Waals surface area contributed by atoms with E-state index in [2.05, 4.69) is 27.1 Å². The molecule has 1 aromatic heterocycles. The zero-order valence-corrected chi connectivity index (χ0v) is 14.5. The van der Waals surface area contributed by atoms with Crippen molar-refractivity contribution in [2.45, 2.75) is 37.8 Å². The molecule has 2 aliphatic heterocycles. The van der Waals surface area contributed by atoms with Crippen LogP contribution in [-0.4, -0.2) is 67.8 Å². The smallest absolute Gasteiger partial charge is 0.234 e. The first-order valence-corrected chi connectivity index (χ1v) is 8.97. The van der Waals surface area contributed by atoms with E-state index in [9.17, 15) is 4.79 Å². The minimum absolute atomic E-state index is 0.113. The van der Waals surface area contributed by atoms with Crippen LogP contribution in [0, 0.1) is 0 Å². The van der Waals surface area contributed by atoms with Gasteiger partial charge in [-0.3, -0.25) is 9.69 Å². The molecule has 1 unspecified atom stereocenters. The third kappa shape index (κ3) is 4.68. The van der Waals surface area contributed by atoms with Gasteiger partial charge < -0.3 is 15.0 Å². The van der Waals surface area contributed by atoms with E-state index in [1.165, 1.54) is 0 Å². The van der Waals surface area contributed by atoms with Crippen LogP contribution >= 0.6 is 0 Å². The Kier molecular flexibility index (Phi) is 6.04. The lowest BCUT2D eigenvalue weighted by molar-refractivity contribution is -0.123. The van der Waals surface area contributed by atoms with Gasteiger partial charge in [0.25, 0.3) is 0 Å². The normalized spacial score (nSPS) is 22.5. The SMILES string of the molecule is CN(c1ccccn1)C1CCN(CC(=O)NCC2CCCO2)CC1. The third-order valence-corrected chi connectivity index (χ3v) is 5.03. The van der Waals surface area contributed by atoms with Crippen LogP contribution in [0.15, 0.2) is 24.4 Å². The number of hydrogen-bond donors (Lipinski definition) is 1. The van der Waals surface area contributed by atoms with Crippen LogP contribution in [0.2, 0.25) is 0 Å². The highest BCUT2D eigenvalue weighted by molar-refractivity contribution is 5.78. The minimum Gasteiger partial charge on any atom is -0.376 e. The lowest BCUT2D eigenvalue weighted by Gasteiger charge is -2.37. The zero-order valence-electron chi connectivity index (χ0n) is 14.5. The molecular formula is C18H28N4O2. The molecule has 0 saturated carbocycles. The van der Waals surface area contributed by atoms with Crippen molar-refractivity contribution in [3.8, 4) is 0 Å².